The number of carbonyl (C=O) groups excluding carboxylic acids is 1. The maximum Gasteiger partial charge on any atom is 0.337 e. The minimum absolute atomic E-state index is 0. The van der Waals surface area contributed by atoms with E-state index in [1.165, 1.54) is 19.2 Å². The summed E-state index contributed by atoms with van der Waals surface area (Å²) in [4.78, 5) is 11.6. The predicted molar refractivity (Wildman–Crippen MR) is 86.5 cm³/mol. The quantitative estimate of drug-likeness (QED) is 0.855. The zero-order valence-corrected chi connectivity index (χ0v) is 13.4. The Morgan fingerprint density at radius 3 is 2.70 bits per heavy atom. The number of benzene rings is 2. The average Bonchev–Trinajstić information content (AvgIpc) is 2.77. The largest absolute Gasteiger partial charge is 0.491 e. The summed E-state index contributed by atoms with van der Waals surface area (Å²) >= 11 is 0. The number of esters is 1. The zero-order chi connectivity index (χ0) is 15.5. The Balaban J connectivity index is 0.00000192. The molecule has 2 aromatic rings. The van der Waals surface area contributed by atoms with Crippen molar-refractivity contribution < 1.29 is 18.7 Å². The van der Waals surface area contributed by atoms with Gasteiger partial charge in [0.15, 0.2) is 0 Å². The molecular formula is C17H17ClFNO3. The molecule has 4 nitrogen and oxygen atoms in total. The van der Waals surface area contributed by atoms with Gasteiger partial charge in [-0.2, -0.15) is 0 Å². The lowest BCUT2D eigenvalue weighted by molar-refractivity contribution is 0.0600. The molecule has 0 radical (unpaired) electrons. The number of hydrogen-bond donors (Lipinski definition) is 1. The summed E-state index contributed by atoms with van der Waals surface area (Å²) in [5.74, 6) is 0.0167. The van der Waals surface area contributed by atoms with Gasteiger partial charge >= 0.3 is 5.97 Å². The second-order valence-electron chi connectivity index (χ2n) is 5.11. The summed E-state index contributed by atoms with van der Waals surface area (Å²) in [5, 5.41) is 3.37. The van der Waals surface area contributed by atoms with Crippen LogP contribution < -0.4 is 10.1 Å². The first-order valence-corrected chi connectivity index (χ1v) is 7.00. The lowest BCUT2D eigenvalue weighted by Gasteiger charge is -2.15. The lowest BCUT2D eigenvalue weighted by Crippen LogP contribution is -2.23. The van der Waals surface area contributed by atoms with E-state index in [2.05, 4.69) is 5.32 Å². The normalized spacial score (nSPS) is 16.3. The SMILES string of the molecule is COC(=O)c1ccc2c(c1)OC[C@H](c1ccc(F)cc1)NC2.Cl. The molecule has 6 heteroatoms. The fourth-order valence-corrected chi connectivity index (χ4v) is 2.45. The van der Waals surface area contributed by atoms with Gasteiger partial charge in [-0.05, 0) is 29.8 Å². The number of rotatable bonds is 2. The molecular weight excluding hydrogens is 321 g/mol. The first-order valence-electron chi connectivity index (χ1n) is 7.00. The molecule has 23 heavy (non-hydrogen) atoms. The minimum Gasteiger partial charge on any atom is -0.491 e. The van der Waals surface area contributed by atoms with E-state index in [0.717, 1.165) is 11.1 Å². The highest BCUT2D eigenvalue weighted by molar-refractivity contribution is 5.89. The number of carbonyl (C=O) groups is 1. The maximum absolute atomic E-state index is 13.0. The molecule has 0 spiro atoms. The molecule has 1 aliphatic rings. The monoisotopic (exact) mass is 337 g/mol. The van der Waals surface area contributed by atoms with Gasteiger partial charge in [-0.25, -0.2) is 9.18 Å². The van der Waals surface area contributed by atoms with Gasteiger partial charge in [-0.3, -0.25) is 0 Å². The van der Waals surface area contributed by atoms with Crippen LogP contribution in [-0.4, -0.2) is 19.7 Å². The van der Waals surface area contributed by atoms with Gasteiger partial charge in [0, 0.05) is 12.1 Å². The summed E-state index contributed by atoms with van der Waals surface area (Å²) < 4.78 is 23.5. The second-order valence-corrected chi connectivity index (χ2v) is 5.11. The second kappa shape index (κ2) is 7.44. The summed E-state index contributed by atoms with van der Waals surface area (Å²) in [6.45, 7) is 1.02. The third-order valence-corrected chi connectivity index (χ3v) is 3.71. The van der Waals surface area contributed by atoms with Gasteiger partial charge < -0.3 is 14.8 Å². The van der Waals surface area contributed by atoms with E-state index in [9.17, 15) is 9.18 Å². The average molecular weight is 338 g/mol. The van der Waals surface area contributed by atoms with Gasteiger partial charge in [0.1, 0.15) is 18.2 Å². The first-order chi connectivity index (χ1) is 10.7. The van der Waals surface area contributed by atoms with Crippen molar-refractivity contribution in [3.8, 4) is 5.75 Å². The van der Waals surface area contributed by atoms with Gasteiger partial charge in [-0.1, -0.05) is 18.2 Å². The number of hydrogen-bond acceptors (Lipinski definition) is 4. The van der Waals surface area contributed by atoms with E-state index in [1.54, 1.807) is 24.3 Å². The van der Waals surface area contributed by atoms with E-state index in [4.69, 9.17) is 9.47 Å². The van der Waals surface area contributed by atoms with Gasteiger partial charge in [0.25, 0.3) is 0 Å². The zero-order valence-electron chi connectivity index (χ0n) is 12.5. The Hall–Kier alpha value is -2.11. The van der Waals surface area contributed by atoms with Crippen molar-refractivity contribution in [3.05, 3.63) is 65.0 Å². The molecule has 0 saturated carbocycles. The number of ether oxygens (including phenoxy) is 2. The summed E-state index contributed by atoms with van der Waals surface area (Å²) in [6, 6.07) is 11.6. The van der Waals surface area contributed by atoms with E-state index >= 15 is 0 Å². The van der Waals surface area contributed by atoms with Crippen LogP contribution in [0.4, 0.5) is 4.39 Å². The standard InChI is InChI=1S/C17H16FNO3.ClH/c1-21-17(20)12-2-3-13-9-19-15(10-22-16(13)8-12)11-4-6-14(18)7-5-11;/h2-8,15,19H,9-10H2,1H3;1H/t15-;/m1./s1. The van der Waals surface area contributed by atoms with Crippen molar-refractivity contribution in [1.82, 2.24) is 5.32 Å². The van der Waals surface area contributed by atoms with Crippen LogP contribution in [0.2, 0.25) is 0 Å². The molecule has 0 bridgehead atoms. The molecule has 0 aromatic heterocycles. The van der Waals surface area contributed by atoms with Crippen LogP contribution in [0.15, 0.2) is 42.5 Å². The highest BCUT2D eigenvalue weighted by Crippen LogP contribution is 2.27. The van der Waals surface area contributed by atoms with Crippen LogP contribution in [0.5, 0.6) is 5.75 Å². The van der Waals surface area contributed by atoms with E-state index in [1.807, 2.05) is 6.07 Å². The first kappa shape index (κ1) is 17.2. The van der Waals surface area contributed by atoms with Crippen molar-refractivity contribution >= 4 is 18.4 Å². The Kier molecular flexibility index (Phi) is 5.58. The number of methoxy groups -OCH3 is 1. The van der Waals surface area contributed by atoms with Crippen LogP contribution in [0, 0.1) is 5.82 Å². The third-order valence-electron chi connectivity index (χ3n) is 3.71. The molecule has 0 amide bonds. The summed E-state index contributed by atoms with van der Waals surface area (Å²) in [5.41, 5.74) is 2.39. The molecule has 122 valence electrons. The van der Waals surface area contributed by atoms with Crippen LogP contribution in [-0.2, 0) is 11.3 Å². The smallest absolute Gasteiger partial charge is 0.337 e. The molecule has 0 fully saturated rings. The van der Waals surface area contributed by atoms with Crippen LogP contribution >= 0.6 is 12.4 Å². The lowest BCUT2D eigenvalue weighted by atomic mass is 10.1. The van der Waals surface area contributed by atoms with Crippen molar-refractivity contribution in [2.75, 3.05) is 13.7 Å². The van der Waals surface area contributed by atoms with Crippen molar-refractivity contribution in [2.45, 2.75) is 12.6 Å². The Morgan fingerprint density at radius 2 is 2.00 bits per heavy atom. The van der Waals surface area contributed by atoms with Crippen LogP contribution in [0.1, 0.15) is 27.5 Å². The van der Waals surface area contributed by atoms with Crippen molar-refractivity contribution in [1.29, 1.82) is 0 Å². The fourth-order valence-electron chi connectivity index (χ4n) is 2.45. The van der Waals surface area contributed by atoms with Gasteiger partial charge in [-0.15, -0.1) is 12.4 Å². The molecule has 3 rings (SSSR count). The van der Waals surface area contributed by atoms with Crippen molar-refractivity contribution in [2.24, 2.45) is 0 Å². The Labute approximate surface area is 140 Å². The Bertz CT molecular complexity index is 691. The molecule has 0 aliphatic carbocycles. The highest BCUT2D eigenvalue weighted by atomic mass is 35.5. The molecule has 1 atom stereocenters. The number of fused-ring (bicyclic) bond motifs is 1. The van der Waals surface area contributed by atoms with E-state index < -0.39 is 5.97 Å². The van der Waals surface area contributed by atoms with Crippen molar-refractivity contribution in [3.63, 3.8) is 0 Å². The molecule has 2 aromatic carbocycles. The predicted octanol–water partition coefficient (Wildman–Crippen LogP) is 3.26. The molecule has 1 N–H and O–H groups in total. The highest BCUT2D eigenvalue weighted by Gasteiger charge is 2.19. The molecule has 1 heterocycles. The molecule has 1 aliphatic heterocycles. The third kappa shape index (κ3) is 3.81. The van der Waals surface area contributed by atoms with Gasteiger partial charge in [0.2, 0.25) is 0 Å². The molecule has 0 unspecified atom stereocenters. The van der Waals surface area contributed by atoms with Gasteiger partial charge in [0.05, 0.1) is 18.7 Å². The van der Waals surface area contributed by atoms with Crippen LogP contribution in [0.3, 0.4) is 0 Å². The van der Waals surface area contributed by atoms with E-state index in [0.29, 0.717) is 24.5 Å². The summed E-state index contributed by atoms with van der Waals surface area (Å²) in [6.07, 6.45) is 0. The maximum atomic E-state index is 13.0. The molecule has 0 saturated heterocycles. The minimum atomic E-state index is -0.390. The summed E-state index contributed by atoms with van der Waals surface area (Å²) in [7, 11) is 1.35. The Morgan fingerprint density at radius 1 is 1.26 bits per heavy atom. The number of nitrogens with one attached hydrogen (secondary N) is 1. The van der Waals surface area contributed by atoms with E-state index in [-0.39, 0.29) is 24.3 Å². The topological polar surface area (TPSA) is 47.6 Å². The number of halogens is 2. The fraction of sp³-hybridized carbons (Fsp3) is 0.235. The van der Waals surface area contributed by atoms with Crippen LogP contribution in [0.25, 0.3) is 0 Å².